The number of fused-ring (bicyclic) bond motifs is 3. The molecule has 0 aliphatic heterocycles. The Balaban J connectivity index is 1.79. The van der Waals surface area contributed by atoms with Crippen molar-refractivity contribution >= 4 is 11.1 Å². The molecule has 0 unspecified atom stereocenters. The highest BCUT2D eigenvalue weighted by atomic mass is 19.1. The molecule has 0 saturated heterocycles. The van der Waals surface area contributed by atoms with Crippen LogP contribution < -0.4 is 0 Å². The van der Waals surface area contributed by atoms with Gasteiger partial charge in [0.05, 0.1) is 5.41 Å². The normalized spacial score (nSPS) is 17.5. The molecule has 0 saturated carbocycles. The van der Waals surface area contributed by atoms with E-state index >= 15 is 0 Å². The van der Waals surface area contributed by atoms with Crippen LogP contribution in [0.1, 0.15) is 41.7 Å². The van der Waals surface area contributed by atoms with Crippen LogP contribution in [-0.4, -0.2) is 0 Å². The first-order valence-electron chi connectivity index (χ1n) is 11.5. The summed E-state index contributed by atoms with van der Waals surface area (Å²) in [6.45, 7) is 4.64. The molecule has 0 heterocycles. The largest absolute Gasteiger partial charge is 0.207 e. The predicted molar refractivity (Wildman–Crippen MR) is 134 cm³/mol. The second-order valence-corrected chi connectivity index (χ2v) is 9.53. The van der Waals surface area contributed by atoms with E-state index in [0.717, 1.165) is 5.56 Å². The van der Waals surface area contributed by atoms with Crippen LogP contribution >= 0.6 is 0 Å². The molecule has 0 nitrogen and oxygen atoms in total. The number of benzene rings is 4. The van der Waals surface area contributed by atoms with Crippen molar-refractivity contribution in [3.63, 3.8) is 0 Å². The summed E-state index contributed by atoms with van der Waals surface area (Å²) < 4.78 is 14.0. The Bertz CT molecular complexity index is 1370. The van der Waals surface area contributed by atoms with Crippen LogP contribution in [0.2, 0.25) is 0 Å². The van der Waals surface area contributed by atoms with E-state index in [2.05, 4.69) is 105 Å². The number of halogens is 1. The molecule has 0 aromatic heterocycles. The van der Waals surface area contributed by atoms with E-state index in [9.17, 15) is 4.39 Å². The van der Waals surface area contributed by atoms with Gasteiger partial charge in [0, 0.05) is 5.41 Å². The second-order valence-electron chi connectivity index (χ2n) is 9.53. The third-order valence-corrected chi connectivity index (χ3v) is 7.41. The molecule has 0 bridgehead atoms. The lowest BCUT2D eigenvalue weighted by atomic mass is 9.67. The van der Waals surface area contributed by atoms with Gasteiger partial charge in [0.2, 0.25) is 0 Å². The molecule has 1 heteroatoms. The summed E-state index contributed by atoms with van der Waals surface area (Å²) >= 11 is 0. The topological polar surface area (TPSA) is 0 Å². The van der Waals surface area contributed by atoms with Crippen LogP contribution in [0.15, 0.2) is 121 Å². The first kappa shape index (κ1) is 19.9. The quantitative estimate of drug-likeness (QED) is 0.310. The second kappa shape index (κ2) is 7.15. The Morgan fingerprint density at radius 2 is 1.15 bits per heavy atom. The van der Waals surface area contributed by atoms with E-state index in [-0.39, 0.29) is 11.2 Å². The minimum Gasteiger partial charge on any atom is -0.207 e. The number of rotatable bonds is 3. The molecule has 4 aromatic rings. The van der Waals surface area contributed by atoms with Crippen molar-refractivity contribution in [2.24, 2.45) is 0 Å². The van der Waals surface area contributed by atoms with E-state index in [1.165, 1.54) is 39.0 Å². The Labute approximate surface area is 194 Å². The molecule has 0 fully saturated rings. The van der Waals surface area contributed by atoms with Crippen LogP contribution in [0.5, 0.6) is 0 Å². The Morgan fingerprint density at radius 3 is 1.76 bits per heavy atom. The van der Waals surface area contributed by atoms with Gasteiger partial charge in [-0.05, 0) is 56.7 Å². The average Bonchev–Trinajstić information content (AvgIpc) is 3.33. The van der Waals surface area contributed by atoms with Crippen molar-refractivity contribution in [1.82, 2.24) is 0 Å². The Hall–Kier alpha value is -3.71. The fourth-order valence-electron chi connectivity index (χ4n) is 5.87. The van der Waals surface area contributed by atoms with Gasteiger partial charge in [0.25, 0.3) is 0 Å². The molecular formula is C32H25F. The lowest BCUT2D eigenvalue weighted by molar-refractivity contribution is 0.627. The highest BCUT2D eigenvalue weighted by Crippen LogP contribution is 2.63. The standard InChI is InChI=1S/C32H25F/c1-31(2)27-16-10-9-15-26(27)29-28(31)21-32(23-11-5-3-6-12-23,24-13-7-4-8-14-24)30(29)22-17-19-25(33)20-18-22/h3-21H,1-2H3. The van der Waals surface area contributed by atoms with Crippen LogP contribution in [0.3, 0.4) is 0 Å². The summed E-state index contributed by atoms with van der Waals surface area (Å²) in [5.41, 5.74) is 9.40. The fraction of sp³-hybridized carbons (Fsp3) is 0.125. The van der Waals surface area contributed by atoms with Crippen molar-refractivity contribution in [2.75, 3.05) is 0 Å². The number of allylic oxidation sites excluding steroid dienone is 4. The lowest BCUT2D eigenvalue weighted by Crippen LogP contribution is -2.27. The Kier molecular flexibility index (Phi) is 4.32. The molecule has 2 aliphatic rings. The highest BCUT2D eigenvalue weighted by Gasteiger charge is 2.51. The summed E-state index contributed by atoms with van der Waals surface area (Å²) in [4.78, 5) is 0. The van der Waals surface area contributed by atoms with Crippen molar-refractivity contribution < 1.29 is 4.39 Å². The van der Waals surface area contributed by atoms with E-state index in [1.54, 1.807) is 12.1 Å². The molecule has 33 heavy (non-hydrogen) atoms. The van der Waals surface area contributed by atoms with E-state index < -0.39 is 5.41 Å². The van der Waals surface area contributed by atoms with Crippen molar-refractivity contribution in [3.05, 3.63) is 154 Å². The predicted octanol–water partition coefficient (Wildman–Crippen LogP) is 7.95. The highest BCUT2D eigenvalue weighted by molar-refractivity contribution is 6.12. The lowest BCUT2D eigenvalue weighted by Gasteiger charge is -2.34. The number of hydrogen-bond acceptors (Lipinski definition) is 0. The summed E-state index contributed by atoms with van der Waals surface area (Å²) in [6, 6.07) is 37.2. The van der Waals surface area contributed by atoms with Crippen LogP contribution in [0.25, 0.3) is 11.1 Å². The summed E-state index contributed by atoms with van der Waals surface area (Å²) in [6.07, 6.45) is 2.48. The molecule has 0 atom stereocenters. The van der Waals surface area contributed by atoms with E-state index in [4.69, 9.17) is 0 Å². The molecule has 4 aromatic carbocycles. The number of hydrogen-bond donors (Lipinski definition) is 0. The SMILES string of the molecule is CC1(C)C2=CC(c3ccccc3)(c3ccccc3)C(c3ccc(F)cc3)=C2c2ccccc21. The first-order valence-corrected chi connectivity index (χ1v) is 11.5. The third kappa shape index (κ3) is 2.75. The zero-order valence-electron chi connectivity index (χ0n) is 18.8. The van der Waals surface area contributed by atoms with Crippen LogP contribution in [0.4, 0.5) is 4.39 Å². The van der Waals surface area contributed by atoms with Gasteiger partial charge >= 0.3 is 0 Å². The van der Waals surface area contributed by atoms with Gasteiger partial charge in [-0.15, -0.1) is 0 Å². The fourth-order valence-corrected chi connectivity index (χ4v) is 5.87. The third-order valence-electron chi connectivity index (χ3n) is 7.41. The van der Waals surface area contributed by atoms with Crippen molar-refractivity contribution in [3.8, 4) is 0 Å². The molecular weight excluding hydrogens is 403 g/mol. The van der Waals surface area contributed by atoms with Gasteiger partial charge < -0.3 is 0 Å². The molecule has 2 aliphatic carbocycles. The minimum absolute atomic E-state index is 0.123. The molecule has 0 N–H and O–H groups in total. The average molecular weight is 429 g/mol. The van der Waals surface area contributed by atoms with E-state index in [1.807, 2.05) is 12.1 Å². The molecule has 160 valence electrons. The maximum atomic E-state index is 14.0. The van der Waals surface area contributed by atoms with Crippen molar-refractivity contribution in [1.29, 1.82) is 0 Å². The maximum absolute atomic E-state index is 14.0. The van der Waals surface area contributed by atoms with Gasteiger partial charge in [-0.3, -0.25) is 0 Å². The van der Waals surface area contributed by atoms with Crippen LogP contribution in [0, 0.1) is 5.82 Å². The van der Waals surface area contributed by atoms with E-state index in [0.29, 0.717) is 0 Å². The zero-order valence-corrected chi connectivity index (χ0v) is 18.8. The van der Waals surface area contributed by atoms with Gasteiger partial charge in [-0.25, -0.2) is 4.39 Å². The van der Waals surface area contributed by atoms with Gasteiger partial charge in [-0.1, -0.05) is 117 Å². The van der Waals surface area contributed by atoms with Crippen LogP contribution in [-0.2, 0) is 10.8 Å². The molecule has 0 spiro atoms. The molecule has 0 radical (unpaired) electrons. The maximum Gasteiger partial charge on any atom is 0.123 e. The monoisotopic (exact) mass is 428 g/mol. The van der Waals surface area contributed by atoms with Crippen molar-refractivity contribution in [2.45, 2.75) is 24.7 Å². The summed E-state index contributed by atoms with van der Waals surface area (Å²) in [7, 11) is 0. The van der Waals surface area contributed by atoms with Gasteiger partial charge in [-0.2, -0.15) is 0 Å². The minimum atomic E-state index is -0.462. The van der Waals surface area contributed by atoms with Gasteiger partial charge in [0.1, 0.15) is 5.82 Å². The summed E-state index contributed by atoms with van der Waals surface area (Å²) in [5.74, 6) is -0.215. The molecule has 0 amide bonds. The Morgan fingerprint density at radius 1 is 0.606 bits per heavy atom. The molecule has 6 rings (SSSR count). The zero-order chi connectivity index (χ0) is 22.6. The summed E-state index contributed by atoms with van der Waals surface area (Å²) in [5, 5.41) is 0. The first-order chi connectivity index (χ1) is 16.0. The van der Waals surface area contributed by atoms with Gasteiger partial charge in [0.15, 0.2) is 0 Å². The smallest absolute Gasteiger partial charge is 0.123 e.